The molecule has 2 rings (SSSR count). The number of aromatic nitrogens is 1. The van der Waals surface area contributed by atoms with Crippen molar-refractivity contribution >= 4 is 10.9 Å². The van der Waals surface area contributed by atoms with Crippen molar-refractivity contribution in [2.24, 2.45) is 5.73 Å². The minimum atomic E-state index is 0.170. The van der Waals surface area contributed by atoms with E-state index in [0.717, 1.165) is 17.6 Å². The first-order valence-electron chi connectivity index (χ1n) is 4.86. The van der Waals surface area contributed by atoms with E-state index in [4.69, 9.17) is 5.73 Å². The number of fused-ring (bicyclic) bond motifs is 1. The van der Waals surface area contributed by atoms with E-state index >= 15 is 0 Å². The summed E-state index contributed by atoms with van der Waals surface area (Å²) in [6, 6.07) is 12.4. The molecule has 0 saturated carbocycles. The Labute approximate surface area is 83.8 Å². The molecule has 2 nitrogen and oxygen atoms in total. The van der Waals surface area contributed by atoms with Crippen LogP contribution >= 0.6 is 0 Å². The van der Waals surface area contributed by atoms with Crippen molar-refractivity contribution in [2.75, 3.05) is 0 Å². The lowest BCUT2D eigenvalue weighted by Crippen LogP contribution is -2.18. The van der Waals surface area contributed by atoms with Crippen LogP contribution in [0.4, 0.5) is 0 Å². The fraction of sp³-hybridized carbons (Fsp3) is 0.250. The van der Waals surface area contributed by atoms with Crippen LogP contribution in [0, 0.1) is 0 Å². The Kier molecular flexibility index (Phi) is 2.46. The Morgan fingerprint density at radius 1 is 1.21 bits per heavy atom. The van der Waals surface area contributed by atoms with Gasteiger partial charge in [0.25, 0.3) is 0 Å². The summed E-state index contributed by atoms with van der Waals surface area (Å²) < 4.78 is 0. The molecule has 0 aliphatic heterocycles. The largest absolute Gasteiger partial charge is 0.328 e. The van der Waals surface area contributed by atoms with Crippen LogP contribution in [-0.2, 0) is 6.42 Å². The Bertz CT molecular complexity index is 435. The van der Waals surface area contributed by atoms with Crippen molar-refractivity contribution in [3.8, 4) is 0 Å². The normalized spacial score (nSPS) is 13.0. The highest BCUT2D eigenvalue weighted by atomic mass is 14.7. The predicted octanol–water partition coefficient (Wildman–Crippen LogP) is 2.12. The molecule has 0 bridgehead atoms. The van der Waals surface area contributed by atoms with Crippen LogP contribution in [0.15, 0.2) is 36.4 Å². The molecule has 14 heavy (non-hydrogen) atoms. The minimum absolute atomic E-state index is 0.170. The Morgan fingerprint density at radius 2 is 2.00 bits per heavy atom. The van der Waals surface area contributed by atoms with Gasteiger partial charge in [0.05, 0.1) is 5.52 Å². The van der Waals surface area contributed by atoms with E-state index in [-0.39, 0.29) is 6.04 Å². The zero-order valence-corrected chi connectivity index (χ0v) is 8.27. The highest BCUT2D eigenvalue weighted by Crippen LogP contribution is 2.12. The van der Waals surface area contributed by atoms with Crippen molar-refractivity contribution in [2.45, 2.75) is 19.4 Å². The quantitative estimate of drug-likeness (QED) is 0.780. The number of hydrogen-bond acceptors (Lipinski definition) is 2. The van der Waals surface area contributed by atoms with Gasteiger partial charge in [-0.15, -0.1) is 0 Å². The summed E-state index contributed by atoms with van der Waals surface area (Å²) in [5.41, 5.74) is 7.84. The molecule has 1 aromatic heterocycles. The highest BCUT2D eigenvalue weighted by molar-refractivity contribution is 5.78. The van der Waals surface area contributed by atoms with Gasteiger partial charge in [-0.3, -0.25) is 4.98 Å². The van der Waals surface area contributed by atoms with Gasteiger partial charge in [0, 0.05) is 23.5 Å². The molecule has 0 aliphatic rings. The third-order valence-electron chi connectivity index (χ3n) is 2.19. The second-order valence-electron chi connectivity index (χ2n) is 3.68. The molecule has 0 saturated heterocycles. The lowest BCUT2D eigenvalue weighted by Gasteiger charge is -2.05. The second kappa shape index (κ2) is 3.76. The van der Waals surface area contributed by atoms with Gasteiger partial charge in [-0.25, -0.2) is 0 Å². The molecule has 0 radical (unpaired) electrons. The molecule has 0 amide bonds. The number of para-hydroxylation sites is 1. The maximum atomic E-state index is 5.73. The lowest BCUT2D eigenvalue weighted by atomic mass is 10.1. The predicted molar refractivity (Wildman–Crippen MR) is 59.1 cm³/mol. The van der Waals surface area contributed by atoms with Crippen molar-refractivity contribution in [1.82, 2.24) is 4.98 Å². The van der Waals surface area contributed by atoms with Crippen molar-refractivity contribution in [1.29, 1.82) is 0 Å². The zero-order valence-electron chi connectivity index (χ0n) is 8.27. The van der Waals surface area contributed by atoms with E-state index < -0.39 is 0 Å². The van der Waals surface area contributed by atoms with Gasteiger partial charge >= 0.3 is 0 Å². The van der Waals surface area contributed by atoms with Gasteiger partial charge < -0.3 is 5.73 Å². The molecule has 0 aliphatic carbocycles. The first kappa shape index (κ1) is 9.16. The van der Waals surface area contributed by atoms with Crippen molar-refractivity contribution < 1.29 is 0 Å². The van der Waals surface area contributed by atoms with Crippen LogP contribution in [0.5, 0.6) is 0 Å². The summed E-state index contributed by atoms with van der Waals surface area (Å²) in [5.74, 6) is 0. The van der Waals surface area contributed by atoms with Crippen LogP contribution in [0.3, 0.4) is 0 Å². The first-order chi connectivity index (χ1) is 6.75. The summed E-state index contributed by atoms with van der Waals surface area (Å²) >= 11 is 0. The smallest absolute Gasteiger partial charge is 0.0705 e. The van der Waals surface area contributed by atoms with Crippen LogP contribution in [0.1, 0.15) is 12.6 Å². The van der Waals surface area contributed by atoms with Gasteiger partial charge in [0.1, 0.15) is 0 Å². The molecule has 72 valence electrons. The van der Waals surface area contributed by atoms with E-state index in [1.54, 1.807) is 0 Å². The highest BCUT2D eigenvalue weighted by Gasteiger charge is 2.00. The van der Waals surface area contributed by atoms with E-state index in [0.29, 0.717) is 0 Å². The van der Waals surface area contributed by atoms with Gasteiger partial charge in [-0.2, -0.15) is 0 Å². The van der Waals surface area contributed by atoms with E-state index in [1.807, 2.05) is 31.2 Å². The molecule has 2 N–H and O–H groups in total. The van der Waals surface area contributed by atoms with E-state index in [1.165, 1.54) is 5.39 Å². The van der Waals surface area contributed by atoms with Crippen molar-refractivity contribution in [3.05, 3.63) is 42.1 Å². The van der Waals surface area contributed by atoms with Gasteiger partial charge in [-0.1, -0.05) is 24.3 Å². The fourth-order valence-electron chi connectivity index (χ4n) is 1.55. The van der Waals surface area contributed by atoms with Crippen molar-refractivity contribution in [3.63, 3.8) is 0 Å². The maximum absolute atomic E-state index is 5.73. The third kappa shape index (κ3) is 1.91. The average molecular weight is 186 g/mol. The molecule has 2 aromatic rings. The first-order valence-corrected chi connectivity index (χ1v) is 4.86. The number of nitrogens with two attached hydrogens (primary N) is 1. The average Bonchev–Trinajstić information content (AvgIpc) is 2.17. The molecule has 1 heterocycles. The molecular formula is C12H14N2. The fourth-order valence-corrected chi connectivity index (χ4v) is 1.55. The Balaban J connectivity index is 2.41. The molecule has 1 aromatic carbocycles. The summed E-state index contributed by atoms with van der Waals surface area (Å²) in [4.78, 5) is 4.54. The molecule has 2 heteroatoms. The number of nitrogens with zero attached hydrogens (tertiary/aromatic N) is 1. The monoisotopic (exact) mass is 186 g/mol. The van der Waals surface area contributed by atoms with Gasteiger partial charge in [0.2, 0.25) is 0 Å². The second-order valence-corrected chi connectivity index (χ2v) is 3.68. The SMILES string of the molecule is C[C@H](N)Cc1ccc2ccccc2n1. The summed E-state index contributed by atoms with van der Waals surface area (Å²) in [6.45, 7) is 2.00. The number of pyridine rings is 1. The molecule has 1 atom stereocenters. The Morgan fingerprint density at radius 3 is 2.79 bits per heavy atom. The van der Waals surface area contributed by atoms with Gasteiger partial charge in [-0.05, 0) is 19.1 Å². The topological polar surface area (TPSA) is 38.9 Å². The number of rotatable bonds is 2. The minimum Gasteiger partial charge on any atom is -0.328 e. The van der Waals surface area contributed by atoms with E-state index in [9.17, 15) is 0 Å². The summed E-state index contributed by atoms with van der Waals surface area (Å²) in [7, 11) is 0. The van der Waals surface area contributed by atoms with Crippen LogP contribution in [-0.4, -0.2) is 11.0 Å². The van der Waals surface area contributed by atoms with Crippen LogP contribution in [0.25, 0.3) is 10.9 Å². The van der Waals surface area contributed by atoms with Crippen LogP contribution < -0.4 is 5.73 Å². The maximum Gasteiger partial charge on any atom is 0.0705 e. The number of hydrogen-bond donors (Lipinski definition) is 1. The summed E-state index contributed by atoms with van der Waals surface area (Å²) in [6.07, 6.45) is 0.838. The third-order valence-corrected chi connectivity index (χ3v) is 2.19. The lowest BCUT2D eigenvalue weighted by molar-refractivity contribution is 0.725. The molecular weight excluding hydrogens is 172 g/mol. The molecule has 0 spiro atoms. The van der Waals surface area contributed by atoms with Gasteiger partial charge in [0.15, 0.2) is 0 Å². The molecule has 0 unspecified atom stereocenters. The Hall–Kier alpha value is -1.41. The number of benzene rings is 1. The summed E-state index contributed by atoms with van der Waals surface area (Å²) in [5, 5.41) is 1.18. The molecule has 0 fully saturated rings. The van der Waals surface area contributed by atoms with Crippen LogP contribution in [0.2, 0.25) is 0 Å². The van der Waals surface area contributed by atoms with E-state index in [2.05, 4.69) is 17.1 Å². The zero-order chi connectivity index (χ0) is 9.97. The standard InChI is InChI=1S/C12H14N2/c1-9(13)8-11-7-6-10-4-2-3-5-12(10)14-11/h2-7,9H,8,13H2,1H3/t9-/m0/s1.